The normalized spacial score (nSPS) is 16.3. The van der Waals surface area contributed by atoms with Crippen LogP contribution in [0.1, 0.15) is 5.56 Å². The molecule has 0 spiro atoms. The minimum atomic E-state index is -0.276. The lowest BCUT2D eigenvalue weighted by Gasteiger charge is -2.35. The quantitative estimate of drug-likeness (QED) is 0.822. The molecule has 0 aromatic heterocycles. The highest BCUT2D eigenvalue weighted by atomic mass is 16.1. The summed E-state index contributed by atoms with van der Waals surface area (Å²) in [6.45, 7) is 3.76. The van der Waals surface area contributed by atoms with Crippen molar-refractivity contribution in [2.24, 2.45) is 5.73 Å². The van der Waals surface area contributed by atoms with Gasteiger partial charge in [0.25, 0.3) is 0 Å². The topological polar surface area (TPSA) is 73.4 Å². The summed E-state index contributed by atoms with van der Waals surface area (Å²) in [5.41, 5.74) is 6.97. The van der Waals surface area contributed by atoms with Crippen LogP contribution >= 0.6 is 0 Å². The molecule has 1 aliphatic rings. The van der Waals surface area contributed by atoms with Crippen molar-refractivity contribution in [3.63, 3.8) is 0 Å². The molecule has 18 heavy (non-hydrogen) atoms. The van der Waals surface area contributed by atoms with E-state index in [2.05, 4.69) is 15.9 Å². The Bertz CT molecular complexity index is 455. The predicted molar refractivity (Wildman–Crippen MR) is 69.0 cm³/mol. The molecule has 94 valence electrons. The number of carbonyl (C=O) groups is 1. The van der Waals surface area contributed by atoms with Gasteiger partial charge in [-0.2, -0.15) is 5.26 Å². The maximum atomic E-state index is 10.8. The smallest absolute Gasteiger partial charge is 0.231 e. The van der Waals surface area contributed by atoms with Gasteiger partial charge in [-0.3, -0.25) is 9.69 Å². The van der Waals surface area contributed by atoms with Crippen molar-refractivity contribution in [1.29, 1.82) is 5.26 Å². The first-order valence-electron chi connectivity index (χ1n) is 5.95. The first-order valence-corrected chi connectivity index (χ1v) is 5.95. The second kappa shape index (κ2) is 5.52. The monoisotopic (exact) mass is 244 g/mol. The van der Waals surface area contributed by atoms with Crippen LogP contribution in [0.5, 0.6) is 0 Å². The van der Waals surface area contributed by atoms with Gasteiger partial charge in [-0.25, -0.2) is 0 Å². The van der Waals surface area contributed by atoms with Crippen LogP contribution in [0.25, 0.3) is 0 Å². The van der Waals surface area contributed by atoms with E-state index in [1.54, 1.807) is 0 Å². The fourth-order valence-corrected chi connectivity index (χ4v) is 2.13. The third-order valence-corrected chi connectivity index (χ3v) is 3.11. The summed E-state index contributed by atoms with van der Waals surface area (Å²) in [5.74, 6) is -0.276. The van der Waals surface area contributed by atoms with E-state index < -0.39 is 0 Å². The van der Waals surface area contributed by atoms with E-state index >= 15 is 0 Å². The van der Waals surface area contributed by atoms with Gasteiger partial charge in [-0.05, 0) is 24.3 Å². The van der Waals surface area contributed by atoms with Crippen molar-refractivity contribution in [3.05, 3.63) is 29.8 Å². The molecule has 0 unspecified atom stereocenters. The lowest BCUT2D eigenvalue weighted by atomic mass is 10.2. The number of primary amides is 1. The van der Waals surface area contributed by atoms with Gasteiger partial charge in [-0.1, -0.05) is 0 Å². The van der Waals surface area contributed by atoms with Gasteiger partial charge in [0.2, 0.25) is 5.91 Å². The van der Waals surface area contributed by atoms with E-state index in [0.29, 0.717) is 12.1 Å². The van der Waals surface area contributed by atoms with Crippen LogP contribution in [0.4, 0.5) is 5.69 Å². The van der Waals surface area contributed by atoms with Crippen molar-refractivity contribution in [2.75, 3.05) is 37.6 Å². The highest BCUT2D eigenvalue weighted by molar-refractivity contribution is 5.75. The summed E-state index contributed by atoms with van der Waals surface area (Å²) in [6.07, 6.45) is 0. The molecule has 1 heterocycles. The van der Waals surface area contributed by atoms with E-state index in [0.717, 1.165) is 31.9 Å². The first kappa shape index (κ1) is 12.4. The van der Waals surface area contributed by atoms with Gasteiger partial charge in [0, 0.05) is 31.9 Å². The van der Waals surface area contributed by atoms with Crippen LogP contribution in [0.2, 0.25) is 0 Å². The van der Waals surface area contributed by atoms with Gasteiger partial charge < -0.3 is 10.6 Å². The Morgan fingerprint density at radius 1 is 1.22 bits per heavy atom. The van der Waals surface area contributed by atoms with E-state index in [1.807, 2.05) is 24.3 Å². The lowest BCUT2D eigenvalue weighted by molar-refractivity contribution is -0.119. The number of carbonyl (C=O) groups excluding carboxylic acids is 1. The highest BCUT2D eigenvalue weighted by Gasteiger charge is 2.18. The number of nitrogens with two attached hydrogens (primary N) is 1. The Kier molecular flexibility index (Phi) is 3.80. The maximum Gasteiger partial charge on any atom is 0.231 e. The number of nitrogens with zero attached hydrogens (tertiary/aromatic N) is 3. The first-order chi connectivity index (χ1) is 8.69. The van der Waals surface area contributed by atoms with E-state index in [4.69, 9.17) is 11.0 Å². The van der Waals surface area contributed by atoms with Gasteiger partial charge in [0.1, 0.15) is 0 Å². The average molecular weight is 244 g/mol. The van der Waals surface area contributed by atoms with E-state index in [1.165, 1.54) is 0 Å². The molecule has 2 N–H and O–H groups in total. The zero-order valence-corrected chi connectivity index (χ0v) is 10.2. The number of hydrogen-bond donors (Lipinski definition) is 1. The molecule has 1 aromatic rings. The van der Waals surface area contributed by atoms with Gasteiger partial charge in [-0.15, -0.1) is 0 Å². The summed E-state index contributed by atoms with van der Waals surface area (Å²) in [4.78, 5) is 15.1. The van der Waals surface area contributed by atoms with Crippen LogP contribution in [-0.2, 0) is 4.79 Å². The standard InChI is InChI=1S/C13H16N4O/c14-9-11-1-3-12(4-2-11)17-7-5-16(6-8-17)10-13(15)18/h1-4H,5-8,10H2,(H2,15,18). The SMILES string of the molecule is N#Cc1ccc(N2CCN(CC(N)=O)CC2)cc1. The molecule has 0 radical (unpaired) electrons. The summed E-state index contributed by atoms with van der Waals surface area (Å²) < 4.78 is 0. The largest absolute Gasteiger partial charge is 0.369 e. The highest BCUT2D eigenvalue weighted by Crippen LogP contribution is 2.16. The summed E-state index contributed by atoms with van der Waals surface area (Å²) in [7, 11) is 0. The number of nitriles is 1. The lowest BCUT2D eigenvalue weighted by Crippen LogP contribution is -2.48. The van der Waals surface area contributed by atoms with Crippen molar-refractivity contribution >= 4 is 11.6 Å². The molecule has 0 atom stereocenters. The van der Waals surface area contributed by atoms with Gasteiger partial charge in [0.05, 0.1) is 18.2 Å². The maximum absolute atomic E-state index is 10.8. The Morgan fingerprint density at radius 2 is 1.83 bits per heavy atom. The molecule has 5 nitrogen and oxygen atoms in total. The van der Waals surface area contributed by atoms with Crippen molar-refractivity contribution in [1.82, 2.24) is 4.90 Å². The van der Waals surface area contributed by atoms with Crippen molar-refractivity contribution < 1.29 is 4.79 Å². The molecule has 2 rings (SSSR count). The van der Waals surface area contributed by atoms with E-state index in [9.17, 15) is 4.79 Å². The van der Waals surface area contributed by atoms with Crippen molar-refractivity contribution in [2.45, 2.75) is 0 Å². The molecule has 0 saturated carbocycles. The number of benzene rings is 1. The Morgan fingerprint density at radius 3 is 2.33 bits per heavy atom. The van der Waals surface area contributed by atoms with Crippen molar-refractivity contribution in [3.8, 4) is 6.07 Å². The summed E-state index contributed by atoms with van der Waals surface area (Å²) in [5, 5.41) is 8.74. The molecule has 1 aliphatic heterocycles. The molecular weight excluding hydrogens is 228 g/mol. The fraction of sp³-hybridized carbons (Fsp3) is 0.385. The summed E-state index contributed by atoms with van der Waals surface area (Å²) in [6, 6.07) is 9.68. The number of amides is 1. The molecule has 1 fully saturated rings. The minimum Gasteiger partial charge on any atom is -0.369 e. The van der Waals surface area contributed by atoms with Gasteiger partial charge in [0.15, 0.2) is 0 Å². The third-order valence-electron chi connectivity index (χ3n) is 3.11. The third kappa shape index (κ3) is 2.99. The minimum absolute atomic E-state index is 0.276. The molecule has 0 aliphatic carbocycles. The fourth-order valence-electron chi connectivity index (χ4n) is 2.13. The molecule has 0 bridgehead atoms. The Hall–Kier alpha value is -2.06. The van der Waals surface area contributed by atoms with Crippen LogP contribution in [0.3, 0.4) is 0 Å². The van der Waals surface area contributed by atoms with Crippen LogP contribution in [-0.4, -0.2) is 43.5 Å². The second-order valence-electron chi connectivity index (χ2n) is 4.39. The van der Waals surface area contributed by atoms with E-state index in [-0.39, 0.29) is 5.91 Å². The molecular formula is C13H16N4O. The average Bonchev–Trinajstić information content (AvgIpc) is 2.39. The predicted octanol–water partition coefficient (Wildman–Crippen LogP) is 0.166. The van der Waals surface area contributed by atoms with Crippen LogP contribution in [0.15, 0.2) is 24.3 Å². The van der Waals surface area contributed by atoms with Crippen LogP contribution in [0, 0.1) is 11.3 Å². The zero-order valence-electron chi connectivity index (χ0n) is 10.2. The summed E-state index contributed by atoms with van der Waals surface area (Å²) >= 11 is 0. The molecule has 1 aromatic carbocycles. The molecule has 5 heteroatoms. The van der Waals surface area contributed by atoms with Gasteiger partial charge >= 0.3 is 0 Å². The zero-order chi connectivity index (χ0) is 13.0. The number of anilines is 1. The number of rotatable bonds is 3. The molecule has 1 saturated heterocycles. The molecule has 1 amide bonds. The number of hydrogen-bond acceptors (Lipinski definition) is 4. The number of piperazine rings is 1. The Labute approximate surface area is 106 Å². The second-order valence-corrected chi connectivity index (χ2v) is 4.39. The van der Waals surface area contributed by atoms with Crippen LogP contribution < -0.4 is 10.6 Å². The Balaban J connectivity index is 1.93.